The summed E-state index contributed by atoms with van der Waals surface area (Å²) in [5, 5.41) is 0. The van der Waals surface area contributed by atoms with E-state index in [4.69, 9.17) is 4.55 Å². The SMILES string of the molecule is CCCCCCCCCCC[n+]1ccc(CC)cc1.CS(=O)(=O)O. The standard InChI is InChI=1S/C18H32N.CH4O3S/c1-3-5-6-7-8-9-10-11-12-15-19-16-13-18(4-2)14-17-19;1-5(2,3)4/h13-14,16-17H,3-12,15H2,1-2H3;1H3,(H,2,3,4)/q+1;. The molecule has 0 aliphatic carbocycles. The van der Waals surface area contributed by atoms with Crippen molar-refractivity contribution in [2.45, 2.75) is 84.6 Å². The molecule has 0 saturated carbocycles. The molecule has 1 aromatic rings. The van der Waals surface area contributed by atoms with Crippen molar-refractivity contribution in [1.29, 1.82) is 0 Å². The summed E-state index contributed by atoms with van der Waals surface area (Å²) < 4.78 is 28.2. The Bertz CT molecular complexity index is 490. The molecule has 0 atom stereocenters. The summed E-state index contributed by atoms with van der Waals surface area (Å²) >= 11 is 0. The lowest BCUT2D eigenvalue weighted by molar-refractivity contribution is -0.697. The van der Waals surface area contributed by atoms with E-state index >= 15 is 0 Å². The molecule has 1 aromatic heterocycles. The molecule has 0 fully saturated rings. The summed E-state index contributed by atoms with van der Waals surface area (Å²) in [7, 11) is -3.67. The van der Waals surface area contributed by atoms with Crippen molar-refractivity contribution in [3.8, 4) is 0 Å². The van der Waals surface area contributed by atoms with Gasteiger partial charge in [-0.15, -0.1) is 0 Å². The first-order chi connectivity index (χ1) is 11.4. The average Bonchev–Trinajstić information content (AvgIpc) is 2.52. The molecule has 0 aromatic carbocycles. The zero-order chi connectivity index (χ0) is 18.3. The first kappa shape index (κ1) is 23.1. The molecule has 1 rings (SSSR count). The van der Waals surface area contributed by atoms with Crippen LogP contribution in [-0.4, -0.2) is 19.2 Å². The first-order valence-corrected chi connectivity index (χ1v) is 11.1. The highest BCUT2D eigenvalue weighted by Gasteiger charge is 2.00. The lowest BCUT2D eigenvalue weighted by Crippen LogP contribution is -2.32. The van der Waals surface area contributed by atoms with E-state index in [1.54, 1.807) is 0 Å². The maximum absolute atomic E-state index is 9.19. The van der Waals surface area contributed by atoms with Crippen molar-refractivity contribution >= 4 is 10.1 Å². The predicted octanol–water partition coefficient (Wildman–Crippen LogP) is 4.57. The number of pyridine rings is 1. The summed E-state index contributed by atoms with van der Waals surface area (Å²) in [5.74, 6) is 0. The molecule has 1 N–H and O–H groups in total. The number of hydrogen-bond acceptors (Lipinski definition) is 2. The molecule has 4 nitrogen and oxygen atoms in total. The molecule has 0 aliphatic heterocycles. The van der Waals surface area contributed by atoms with Crippen LogP contribution >= 0.6 is 0 Å². The van der Waals surface area contributed by atoms with E-state index in [-0.39, 0.29) is 0 Å². The van der Waals surface area contributed by atoms with Gasteiger partial charge in [-0.1, -0.05) is 58.8 Å². The monoisotopic (exact) mass is 358 g/mol. The van der Waals surface area contributed by atoms with Gasteiger partial charge in [0, 0.05) is 18.6 Å². The van der Waals surface area contributed by atoms with Crippen molar-refractivity contribution < 1.29 is 17.5 Å². The Morgan fingerprint density at radius 2 is 1.29 bits per heavy atom. The highest BCUT2D eigenvalue weighted by molar-refractivity contribution is 7.85. The van der Waals surface area contributed by atoms with E-state index in [0.29, 0.717) is 6.26 Å². The van der Waals surface area contributed by atoms with E-state index in [1.165, 1.54) is 69.9 Å². The van der Waals surface area contributed by atoms with Gasteiger partial charge in [0.25, 0.3) is 10.1 Å². The minimum absolute atomic E-state index is 0.715. The molecule has 5 heteroatoms. The predicted molar refractivity (Wildman–Crippen MR) is 101 cm³/mol. The van der Waals surface area contributed by atoms with Gasteiger partial charge < -0.3 is 0 Å². The van der Waals surface area contributed by atoms with Crippen LogP contribution in [0.25, 0.3) is 0 Å². The summed E-state index contributed by atoms with van der Waals surface area (Å²) in [6, 6.07) is 4.49. The molecular weight excluding hydrogens is 322 g/mol. The van der Waals surface area contributed by atoms with Gasteiger partial charge in [0.15, 0.2) is 12.4 Å². The van der Waals surface area contributed by atoms with Gasteiger partial charge in [-0.3, -0.25) is 4.55 Å². The Balaban J connectivity index is 0.000000922. The van der Waals surface area contributed by atoms with E-state index in [2.05, 4.69) is 42.9 Å². The zero-order valence-electron chi connectivity index (χ0n) is 15.7. The molecule has 140 valence electrons. The van der Waals surface area contributed by atoms with Crippen LogP contribution in [0.5, 0.6) is 0 Å². The van der Waals surface area contributed by atoms with Gasteiger partial charge in [0.05, 0.1) is 6.26 Å². The summed E-state index contributed by atoms with van der Waals surface area (Å²) in [5.41, 5.74) is 1.43. The maximum Gasteiger partial charge on any atom is 0.261 e. The Kier molecular flexibility index (Phi) is 13.8. The van der Waals surface area contributed by atoms with Gasteiger partial charge in [-0.25, -0.2) is 4.57 Å². The topological polar surface area (TPSA) is 58.2 Å². The average molecular weight is 359 g/mol. The third kappa shape index (κ3) is 17.4. The summed E-state index contributed by atoms with van der Waals surface area (Å²) in [6.07, 6.45) is 19.0. The van der Waals surface area contributed by atoms with E-state index in [1.807, 2.05) is 0 Å². The van der Waals surface area contributed by atoms with Crippen LogP contribution in [0.1, 0.15) is 77.2 Å². The Hall–Kier alpha value is -0.940. The fourth-order valence-electron chi connectivity index (χ4n) is 2.48. The summed E-state index contributed by atoms with van der Waals surface area (Å²) in [6.45, 7) is 5.67. The molecule has 0 spiro atoms. The maximum atomic E-state index is 9.19. The second-order valence-corrected chi connectivity index (χ2v) is 7.83. The highest BCUT2D eigenvalue weighted by Crippen LogP contribution is 2.09. The normalized spacial score (nSPS) is 11.0. The third-order valence-corrected chi connectivity index (χ3v) is 3.89. The van der Waals surface area contributed by atoms with Crippen LogP contribution in [0.4, 0.5) is 0 Å². The van der Waals surface area contributed by atoms with E-state index < -0.39 is 10.1 Å². The minimum Gasteiger partial charge on any atom is -0.286 e. The van der Waals surface area contributed by atoms with Crippen LogP contribution in [-0.2, 0) is 23.1 Å². The van der Waals surface area contributed by atoms with Crippen LogP contribution in [0, 0.1) is 0 Å². The molecule has 0 bridgehead atoms. The minimum atomic E-state index is -3.67. The van der Waals surface area contributed by atoms with Gasteiger partial charge in [0.2, 0.25) is 0 Å². The third-order valence-electron chi connectivity index (χ3n) is 3.89. The van der Waals surface area contributed by atoms with Gasteiger partial charge in [-0.05, 0) is 18.4 Å². The molecule has 0 amide bonds. The number of aryl methyl sites for hydroxylation is 2. The van der Waals surface area contributed by atoms with Crippen molar-refractivity contribution in [3.63, 3.8) is 0 Å². The summed E-state index contributed by atoms with van der Waals surface area (Å²) in [4.78, 5) is 0. The van der Waals surface area contributed by atoms with E-state index in [9.17, 15) is 8.42 Å². The number of aromatic nitrogens is 1. The fourth-order valence-corrected chi connectivity index (χ4v) is 2.48. The number of nitrogens with zero attached hydrogens (tertiary/aromatic N) is 1. The lowest BCUT2D eigenvalue weighted by Gasteiger charge is -2.01. The molecule has 0 saturated heterocycles. The number of unbranched alkanes of at least 4 members (excludes halogenated alkanes) is 8. The quantitative estimate of drug-likeness (QED) is 0.358. The van der Waals surface area contributed by atoms with Crippen LogP contribution < -0.4 is 4.57 Å². The van der Waals surface area contributed by atoms with Crippen molar-refractivity contribution in [2.24, 2.45) is 0 Å². The van der Waals surface area contributed by atoms with Gasteiger partial charge >= 0.3 is 0 Å². The Labute approximate surface area is 149 Å². The highest BCUT2D eigenvalue weighted by atomic mass is 32.2. The number of rotatable bonds is 11. The van der Waals surface area contributed by atoms with Crippen LogP contribution in [0.2, 0.25) is 0 Å². The second-order valence-electron chi connectivity index (χ2n) is 6.36. The van der Waals surface area contributed by atoms with Crippen molar-refractivity contribution in [1.82, 2.24) is 0 Å². The molecular formula is C19H36NO3S+. The smallest absolute Gasteiger partial charge is 0.261 e. The Morgan fingerprint density at radius 1 is 0.875 bits per heavy atom. The molecule has 0 radical (unpaired) electrons. The molecule has 24 heavy (non-hydrogen) atoms. The van der Waals surface area contributed by atoms with Gasteiger partial charge in [0.1, 0.15) is 6.54 Å². The Morgan fingerprint density at radius 3 is 1.71 bits per heavy atom. The molecule has 0 aliphatic rings. The van der Waals surface area contributed by atoms with Gasteiger partial charge in [-0.2, -0.15) is 8.42 Å². The van der Waals surface area contributed by atoms with Crippen molar-refractivity contribution in [2.75, 3.05) is 6.26 Å². The van der Waals surface area contributed by atoms with E-state index in [0.717, 1.165) is 6.42 Å². The largest absolute Gasteiger partial charge is 0.286 e. The first-order valence-electron chi connectivity index (χ1n) is 9.27. The zero-order valence-corrected chi connectivity index (χ0v) is 16.5. The van der Waals surface area contributed by atoms with Crippen LogP contribution in [0.3, 0.4) is 0 Å². The number of hydrogen-bond donors (Lipinski definition) is 1. The molecule has 0 unspecified atom stereocenters. The van der Waals surface area contributed by atoms with Crippen molar-refractivity contribution in [3.05, 3.63) is 30.1 Å². The lowest BCUT2D eigenvalue weighted by atomic mass is 10.1. The second kappa shape index (κ2) is 14.4. The molecule has 1 heterocycles. The van der Waals surface area contributed by atoms with Crippen LogP contribution in [0.15, 0.2) is 24.5 Å². The fraction of sp³-hybridized carbons (Fsp3) is 0.737.